The zero-order valence-corrected chi connectivity index (χ0v) is 12.9. The van der Waals surface area contributed by atoms with Gasteiger partial charge in [-0.1, -0.05) is 12.1 Å². The minimum absolute atomic E-state index is 0.0549. The van der Waals surface area contributed by atoms with Gasteiger partial charge in [-0.2, -0.15) is 0 Å². The van der Waals surface area contributed by atoms with Gasteiger partial charge in [-0.05, 0) is 31.5 Å². The fourth-order valence-electron chi connectivity index (χ4n) is 2.74. The number of nitrogens with two attached hydrogens (primary N) is 1. The zero-order valence-electron chi connectivity index (χ0n) is 12.9. The summed E-state index contributed by atoms with van der Waals surface area (Å²) in [6.45, 7) is 7.69. The van der Waals surface area contributed by atoms with Crippen LogP contribution in [0.15, 0.2) is 24.3 Å². The highest BCUT2D eigenvalue weighted by Gasteiger charge is 2.32. The third kappa shape index (κ3) is 4.97. The third-order valence-corrected chi connectivity index (χ3v) is 3.57. The Hall–Kier alpha value is -1.14. The van der Waals surface area contributed by atoms with Crippen molar-refractivity contribution in [2.45, 2.75) is 32.1 Å². The van der Waals surface area contributed by atoms with Crippen LogP contribution in [0.1, 0.15) is 19.4 Å². The lowest BCUT2D eigenvalue weighted by molar-refractivity contribution is -0.149. The van der Waals surface area contributed by atoms with Crippen LogP contribution in [-0.2, 0) is 11.3 Å². The molecule has 0 spiro atoms. The van der Waals surface area contributed by atoms with Crippen molar-refractivity contribution in [3.63, 3.8) is 0 Å². The quantitative estimate of drug-likeness (QED) is 0.819. The molecule has 1 saturated heterocycles. The summed E-state index contributed by atoms with van der Waals surface area (Å²) in [5, 5.41) is 9.31. The van der Waals surface area contributed by atoms with E-state index in [1.807, 2.05) is 38.1 Å². The molecule has 1 aromatic rings. The van der Waals surface area contributed by atoms with Crippen molar-refractivity contribution in [3.05, 3.63) is 29.8 Å². The van der Waals surface area contributed by atoms with Crippen molar-refractivity contribution in [1.82, 2.24) is 4.90 Å². The molecule has 1 aromatic carbocycles. The maximum absolute atomic E-state index is 9.31. The van der Waals surface area contributed by atoms with Crippen LogP contribution in [0.4, 0.5) is 0 Å². The van der Waals surface area contributed by atoms with E-state index in [9.17, 15) is 5.11 Å². The monoisotopic (exact) mass is 294 g/mol. The third-order valence-electron chi connectivity index (χ3n) is 3.57. The highest BCUT2D eigenvalue weighted by molar-refractivity contribution is 5.28. The molecule has 3 N–H and O–H groups in total. The number of rotatable bonds is 6. The lowest BCUT2D eigenvalue weighted by Gasteiger charge is -2.42. The van der Waals surface area contributed by atoms with Gasteiger partial charge in [-0.15, -0.1) is 0 Å². The minimum Gasteiger partial charge on any atom is -0.492 e. The van der Waals surface area contributed by atoms with E-state index in [2.05, 4.69) is 4.90 Å². The van der Waals surface area contributed by atoms with Crippen LogP contribution in [0.25, 0.3) is 0 Å². The van der Waals surface area contributed by atoms with Crippen molar-refractivity contribution in [2.24, 2.45) is 5.73 Å². The fraction of sp³-hybridized carbons (Fsp3) is 0.625. The summed E-state index contributed by atoms with van der Waals surface area (Å²) in [7, 11) is 0. The first-order valence-electron chi connectivity index (χ1n) is 7.45. The predicted octanol–water partition coefficient (Wildman–Crippen LogP) is 0.996. The van der Waals surface area contributed by atoms with Gasteiger partial charge in [0.2, 0.25) is 0 Å². The summed E-state index contributed by atoms with van der Waals surface area (Å²) in [5.74, 6) is 0.851. The van der Waals surface area contributed by atoms with Gasteiger partial charge in [0.1, 0.15) is 12.4 Å². The van der Waals surface area contributed by atoms with E-state index in [0.29, 0.717) is 13.2 Å². The Labute approximate surface area is 126 Å². The van der Waals surface area contributed by atoms with E-state index in [4.69, 9.17) is 15.2 Å². The normalized spacial score (nSPS) is 22.2. The van der Waals surface area contributed by atoms with E-state index in [1.165, 1.54) is 0 Å². The van der Waals surface area contributed by atoms with E-state index in [1.54, 1.807) is 0 Å². The van der Waals surface area contributed by atoms with Crippen molar-refractivity contribution >= 4 is 0 Å². The molecular weight excluding hydrogens is 268 g/mol. The summed E-state index contributed by atoms with van der Waals surface area (Å²) in [6.07, 6.45) is -0.116. The Morgan fingerprint density at radius 2 is 2.29 bits per heavy atom. The van der Waals surface area contributed by atoms with Crippen LogP contribution in [0, 0.1) is 0 Å². The molecule has 0 bridgehead atoms. The number of morpholine rings is 1. The zero-order chi connectivity index (χ0) is 15.3. The van der Waals surface area contributed by atoms with Crippen molar-refractivity contribution in [3.8, 4) is 5.75 Å². The van der Waals surface area contributed by atoms with Gasteiger partial charge in [0, 0.05) is 26.2 Å². The van der Waals surface area contributed by atoms with Gasteiger partial charge < -0.3 is 20.3 Å². The molecule has 0 amide bonds. The molecule has 1 aliphatic rings. The topological polar surface area (TPSA) is 68.0 Å². The van der Waals surface area contributed by atoms with Crippen molar-refractivity contribution in [1.29, 1.82) is 0 Å². The van der Waals surface area contributed by atoms with Gasteiger partial charge in [-0.25, -0.2) is 0 Å². The van der Waals surface area contributed by atoms with E-state index in [-0.39, 0.29) is 18.3 Å². The Morgan fingerprint density at radius 3 is 3.00 bits per heavy atom. The maximum atomic E-state index is 9.31. The van der Waals surface area contributed by atoms with E-state index >= 15 is 0 Å². The lowest BCUT2D eigenvalue weighted by Crippen LogP contribution is -2.54. The molecular formula is C16H26N2O3. The summed E-state index contributed by atoms with van der Waals surface area (Å²) in [5.41, 5.74) is 6.46. The second-order valence-corrected chi connectivity index (χ2v) is 6.12. The van der Waals surface area contributed by atoms with Gasteiger partial charge in [0.05, 0.1) is 18.3 Å². The number of hydrogen-bond donors (Lipinski definition) is 2. The molecule has 21 heavy (non-hydrogen) atoms. The average Bonchev–Trinajstić information content (AvgIpc) is 2.46. The minimum atomic E-state index is -0.231. The molecule has 1 atom stereocenters. The maximum Gasteiger partial charge on any atom is 0.119 e. The van der Waals surface area contributed by atoms with Gasteiger partial charge >= 0.3 is 0 Å². The first-order chi connectivity index (χ1) is 10.0. The summed E-state index contributed by atoms with van der Waals surface area (Å²) in [4.78, 5) is 2.27. The van der Waals surface area contributed by atoms with Gasteiger partial charge in [0.25, 0.3) is 0 Å². The molecule has 0 aliphatic carbocycles. The van der Waals surface area contributed by atoms with Crippen LogP contribution >= 0.6 is 0 Å². The largest absolute Gasteiger partial charge is 0.492 e. The van der Waals surface area contributed by atoms with E-state index < -0.39 is 0 Å². The first-order valence-corrected chi connectivity index (χ1v) is 7.45. The van der Waals surface area contributed by atoms with Crippen molar-refractivity contribution < 1.29 is 14.6 Å². The summed E-state index contributed by atoms with van der Waals surface area (Å²) in [6, 6.07) is 7.86. The number of aliphatic hydroxyl groups excluding tert-OH is 1. The number of aliphatic hydroxyl groups is 1. The molecule has 5 heteroatoms. The SMILES string of the molecule is CC1(C)CN(CCOc2cccc(CN)c2)CC(CO)O1. The fourth-order valence-corrected chi connectivity index (χ4v) is 2.74. The molecule has 1 aliphatic heterocycles. The number of hydrogen-bond acceptors (Lipinski definition) is 5. The Kier molecular flexibility index (Phi) is 5.58. The van der Waals surface area contributed by atoms with Crippen LogP contribution in [-0.4, -0.2) is 54.6 Å². The highest BCUT2D eigenvalue weighted by Crippen LogP contribution is 2.20. The Morgan fingerprint density at radius 1 is 1.48 bits per heavy atom. The molecule has 0 radical (unpaired) electrons. The molecule has 5 nitrogen and oxygen atoms in total. The van der Waals surface area contributed by atoms with Crippen LogP contribution in [0.2, 0.25) is 0 Å². The molecule has 1 fully saturated rings. The summed E-state index contributed by atoms with van der Waals surface area (Å²) >= 11 is 0. The second kappa shape index (κ2) is 7.22. The van der Waals surface area contributed by atoms with Gasteiger partial charge in [0.15, 0.2) is 0 Å². The molecule has 118 valence electrons. The van der Waals surface area contributed by atoms with E-state index in [0.717, 1.165) is 30.9 Å². The smallest absolute Gasteiger partial charge is 0.119 e. The van der Waals surface area contributed by atoms with Crippen molar-refractivity contribution in [2.75, 3.05) is 32.8 Å². The van der Waals surface area contributed by atoms with Gasteiger partial charge in [-0.3, -0.25) is 4.90 Å². The lowest BCUT2D eigenvalue weighted by atomic mass is 10.1. The second-order valence-electron chi connectivity index (χ2n) is 6.12. The highest BCUT2D eigenvalue weighted by atomic mass is 16.5. The van der Waals surface area contributed by atoms with Crippen LogP contribution in [0.3, 0.4) is 0 Å². The molecule has 1 unspecified atom stereocenters. The Bertz CT molecular complexity index is 451. The Balaban J connectivity index is 1.82. The van der Waals surface area contributed by atoms with Crippen LogP contribution < -0.4 is 10.5 Å². The molecule has 1 heterocycles. The number of benzene rings is 1. The number of ether oxygens (including phenoxy) is 2. The molecule has 0 aromatic heterocycles. The predicted molar refractivity (Wildman–Crippen MR) is 82.3 cm³/mol. The molecule has 2 rings (SSSR count). The summed E-state index contributed by atoms with van der Waals surface area (Å²) < 4.78 is 11.6. The van der Waals surface area contributed by atoms with Crippen LogP contribution in [0.5, 0.6) is 5.75 Å². The standard InChI is InChI=1S/C16H26N2O3/c1-16(2)12-18(10-15(11-19)21-16)6-7-20-14-5-3-4-13(8-14)9-17/h3-5,8,15,19H,6-7,9-12,17H2,1-2H3. The first kappa shape index (κ1) is 16.2. The average molecular weight is 294 g/mol. The molecule has 0 saturated carbocycles. The number of nitrogens with zero attached hydrogens (tertiary/aromatic N) is 1.